The molecule has 112 valence electrons. The summed E-state index contributed by atoms with van der Waals surface area (Å²) in [5, 5.41) is 9.51. The SMILES string of the molecule is CC(C)n1nccc1NC(=O)CCNC(=O)c1ccco1. The Morgan fingerprint density at radius 1 is 1.38 bits per heavy atom. The van der Waals surface area contributed by atoms with Crippen LogP contribution in [0.4, 0.5) is 5.82 Å². The Labute approximate surface area is 122 Å². The molecule has 2 N–H and O–H groups in total. The van der Waals surface area contributed by atoms with Crippen molar-refractivity contribution >= 4 is 17.6 Å². The zero-order valence-electron chi connectivity index (χ0n) is 12.0. The van der Waals surface area contributed by atoms with Crippen molar-refractivity contribution in [3.05, 3.63) is 36.4 Å². The maximum absolute atomic E-state index is 11.8. The van der Waals surface area contributed by atoms with Crippen molar-refractivity contribution in [2.45, 2.75) is 26.3 Å². The monoisotopic (exact) mass is 290 g/mol. The summed E-state index contributed by atoms with van der Waals surface area (Å²) in [6.07, 6.45) is 3.23. The molecule has 0 saturated carbocycles. The van der Waals surface area contributed by atoms with Gasteiger partial charge in [-0.15, -0.1) is 0 Å². The fourth-order valence-electron chi connectivity index (χ4n) is 1.81. The van der Waals surface area contributed by atoms with Crippen molar-refractivity contribution in [3.63, 3.8) is 0 Å². The number of rotatable bonds is 6. The highest BCUT2D eigenvalue weighted by Gasteiger charge is 2.11. The van der Waals surface area contributed by atoms with Crippen LogP contribution >= 0.6 is 0 Å². The van der Waals surface area contributed by atoms with E-state index in [1.165, 1.54) is 6.26 Å². The Balaban J connectivity index is 1.77. The fourth-order valence-corrected chi connectivity index (χ4v) is 1.81. The van der Waals surface area contributed by atoms with E-state index in [9.17, 15) is 9.59 Å². The second-order valence-electron chi connectivity index (χ2n) is 4.79. The molecule has 21 heavy (non-hydrogen) atoms. The van der Waals surface area contributed by atoms with Crippen LogP contribution in [0.25, 0.3) is 0 Å². The molecule has 0 aliphatic heterocycles. The van der Waals surface area contributed by atoms with E-state index in [1.54, 1.807) is 29.1 Å². The van der Waals surface area contributed by atoms with E-state index in [1.807, 2.05) is 13.8 Å². The molecule has 7 nitrogen and oxygen atoms in total. The molecule has 0 aliphatic carbocycles. The van der Waals surface area contributed by atoms with Crippen LogP contribution in [0.15, 0.2) is 35.1 Å². The van der Waals surface area contributed by atoms with Gasteiger partial charge in [-0.1, -0.05) is 0 Å². The summed E-state index contributed by atoms with van der Waals surface area (Å²) in [6.45, 7) is 4.19. The van der Waals surface area contributed by atoms with Gasteiger partial charge in [0.25, 0.3) is 5.91 Å². The Morgan fingerprint density at radius 2 is 2.19 bits per heavy atom. The van der Waals surface area contributed by atoms with Gasteiger partial charge in [-0.25, -0.2) is 4.68 Å². The van der Waals surface area contributed by atoms with Gasteiger partial charge in [-0.05, 0) is 26.0 Å². The van der Waals surface area contributed by atoms with E-state index in [-0.39, 0.29) is 36.6 Å². The van der Waals surface area contributed by atoms with E-state index < -0.39 is 0 Å². The first kappa shape index (κ1) is 14.8. The molecular weight excluding hydrogens is 272 g/mol. The maximum Gasteiger partial charge on any atom is 0.286 e. The standard InChI is InChI=1S/C14H18N4O3/c1-10(2)18-12(5-8-16-18)17-13(19)6-7-15-14(20)11-4-3-9-21-11/h3-5,8-10H,6-7H2,1-2H3,(H,15,20)(H,17,19). The zero-order chi connectivity index (χ0) is 15.2. The zero-order valence-corrected chi connectivity index (χ0v) is 12.0. The number of carbonyl (C=O) groups is 2. The van der Waals surface area contributed by atoms with Gasteiger partial charge in [0.1, 0.15) is 5.82 Å². The molecule has 0 atom stereocenters. The summed E-state index contributed by atoms with van der Waals surface area (Å²) in [5.41, 5.74) is 0. The van der Waals surface area contributed by atoms with Crippen molar-refractivity contribution in [1.29, 1.82) is 0 Å². The third-order valence-corrected chi connectivity index (χ3v) is 2.81. The highest BCUT2D eigenvalue weighted by molar-refractivity contribution is 5.93. The number of hydrogen-bond donors (Lipinski definition) is 2. The molecule has 0 unspecified atom stereocenters. The molecule has 0 aromatic carbocycles. The highest BCUT2D eigenvalue weighted by atomic mass is 16.3. The number of anilines is 1. The van der Waals surface area contributed by atoms with Crippen molar-refractivity contribution in [1.82, 2.24) is 15.1 Å². The Kier molecular flexibility index (Phi) is 4.76. The number of hydrogen-bond acceptors (Lipinski definition) is 4. The van der Waals surface area contributed by atoms with Gasteiger partial charge in [0.15, 0.2) is 5.76 Å². The first-order valence-electron chi connectivity index (χ1n) is 6.73. The molecule has 0 spiro atoms. The third kappa shape index (κ3) is 3.95. The van der Waals surface area contributed by atoms with E-state index in [0.717, 1.165) is 0 Å². The molecule has 7 heteroatoms. The summed E-state index contributed by atoms with van der Waals surface area (Å²) in [6, 6.07) is 5.10. The van der Waals surface area contributed by atoms with Crippen LogP contribution in [-0.2, 0) is 4.79 Å². The number of amides is 2. The Morgan fingerprint density at radius 3 is 2.86 bits per heavy atom. The van der Waals surface area contributed by atoms with Crippen LogP contribution in [0.3, 0.4) is 0 Å². The second-order valence-corrected chi connectivity index (χ2v) is 4.79. The average molecular weight is 290 g/mol. The van der Waals surface area contributed by atoms with Crippen LogP contribution in [0, 0.1) is 0 Å². The van der Waals surface area contributed by atoms with Gasteiger partial charge in [-0.3, -0.25) is 9.59 Å². The van der Waals surface area contributed by atoms with Gasteiger partial charge >= 0.3 is 0 Å². The predicted molar refractivity (Wildman–Crippen MR) is 76.9 cm³/mol. The number of nitrogens with zero attached hydrogens (tertiary/aromatic N) is 2. The van der Waals surface area contributed by atoms with Crippen molar-refractivity contribution in [3.8, 4) is 0 Å². The summed E-state index contributed by atoms with van der Waals surface area (Å²) >= 11 is 0. The van der Waals surface area contributed by atoms with Gasteiger partial charge in [0, 0.05) is 25.1 Å². The molecule has 2 amide bonds. The van der Waals surface area contributed by atoms with E-state index >= 15 is 0 Å². The van der Waals surface area contributed by atoms with Crippen molar-refractivity contribution in [2.75, 3.05) is 11.9 Å². The number of carbonyl (C=O) groups excluding carboxylic acids is 2. The molecular formula is C14H18N4O3. The normalized spacial score (nSPS) is 10.6. The van der Waals surface area contributed by atoms with Crippen LogP contribution in [0.2, 0.25) is 0 Å². The first-order chi connectivity index (χ1) is 10.1. The lowest BCUT2D eigenvalue weighted by molar-refractivity contribution is -0.116. The van der Waals surface area contributed by atoms with Gasteiger partial charge < -0.3 is 15.1 Å². The van der Waals surface area contributed by atoms with Crippen molar-refractivity contribution < 1.29 is 14.0 Å². The second kappa shape index (κ2) is 6.74. The average Bonchev–Trinajstić information content (AvgIpc) is 3.09. The Hall–Kier alpha value is -2.57. The Bertz CT molecular complexity index is 602. The predicted octanol–water partition coefficient (Wildman–Crippen LogP) is 1.82. The number of aromatic nitrogens is 2. The minimum absolute atomic E-state index is 0.161. The fraction of sp³-hybridized carbons (Fsp3) is 0.357. The summed E-state index contributed by atoms with van der Waals surface area (Å²) in [4.78, 5) is 23.4. The number of furan rings is 1. The van der Waals surface area contributed by atoms with E-state index in [0.29, 0.717) is 5.82 Å². The van der Waals surface area contributed by atoms with Crippen molar-refractivity contribution in [2.24, 2.45) is 0 Å². The summed E-state index contributed by atoms with van der Waals surface area (Å²) in [5.74, 6) is 0.359. The largest absolute Gasteiger partial charge is 0.459 e. The number of nitrogens with one attached hydrogen (secondary N) is 2. The molecule has 2 heterocycles. The minimum Gasteiger partial charge on any atom is -0.459 e. The molecule has 0 saturated heterocycles. The molecule has 2 aromatic rings. The molecule has 0 aliphatic rings. The van der Waals surface area contributed by atoms with Gasteiger partial charge in [0.2, 0.25) is 5.91 Å². The molecule has 0 bridgehead atoms. The third-order valence-electron chi connectivity index (χ3n) is 2.81. The van der Waals surface area contributed by atoms with Crippen LogP contribution in [0.1, 0.15) is 36.9 Å². The minimum atomic E-state index is -0.333. The smallest absolute Gasteiger partial charge is 0.286 e. The first-order valence-corrected chi connectivity index (χ1v) is 6.73. The lowest BCUT2D eigenvalue weighted by Gasteiger charge is -2.11. The van der Waals surface area contributed by atoms with E-state index in [2.05, 4.69) is 15.7 Å². The van der Waals surface area contributed by atoms with E-state index in [4.69, 9.17) is 4.42 Å². The lowest BCUT2D eigenvalue weighted by atomic mass is 10.3. The van der Waals surface area contributed by atoms with Crippen LogP contribution in [-0.4, -0.2) is 28.1 Å². The van der Waals surface area contributed by atoms with Gasteiger partial charge in [0.05, 0.1) is 12.5 Å². The van der Waals surface area contributed by atoms with Crippen LogP contribution in [0.5, 0.6) is 0 Å². The van der Waals surface area contributed by atoms with Gasteiger partial charge in [-0.2, -0.15) is 5.10 Å². The molecule has 0 radical (unpaired) electrons. The maximum atomic E-state index is 11.8. The summed E-state index contributed by atoms with van der Waals surface area (Å²) < 4.78 is 6.68. The summed E-state index contributed by atoms with van der Waals surface area (Å²) in [7, 11) is 0. The highest BCUT2D eigenvalue weighted by Crippen LogP contribution is 2.12. The van der Waals surface area contributed by atoms with Crippen LogP contribution < -0.4 is 10.6 Å². The molecule has 2 aromatic heterocycles. The molecule has 0 fully saturated rings. The quantitative estimate of drug-likeness (QED) is 0.849. The molecule has 2 rings (SSSR count). The lowest BCUT2D eigenvalue weighted by Crippen LogP contribution is -2.27. The topological polar surface area (TPSA) is 89.2 Å².